The third-order valence-electron chi connectivity index (χ3n) is 15.4. The van der Waals surface area contributed by atoms with Crippen molar-refractivity contribution in [3.63, 3.8) is 0 Å². The van der Waals surface area contributed by atoms with Crippen LogP contribution >= 0.6 is 11.3 Å². The van der Waals surface area contributed by atoms with Gasteiger partial charge >= 0.3 is 0 Å². The number of carbonyl (C=O) groups excluding carboxylic acids is 4. The average molecular weight is 1050 g/mol. The minimum atomic E-state index is -0.747. The maximum absolute atomic E-state index is 14.2. The molecule has 0 spiro atoms. The van der Waals surface area contributed by atoms with Gasteiger partial charge in [-0.15, -0.1) is 11.3 Å². The van der Waals surface area contributed by atoms with Crippen LogP contribution in [0, 0.1) is 18.3 Å². The van der Waals surface area contributed by atoms with Crippen LogP contribution < -0.4 is 20.9 Å². The molecule has 3 fully saturated rings. The number of β-amino-alcohol motifs (C(OH)–C–C–N with tert-alkyl or cyclic N) is 1. The van der Waals surface area contributed by atoms with E-state index in [4.69, 9.17) is 4.74 Å². The first-order chi connectivity index (χ1) is 36.7. The first kappa shape index (κ1) is 54.4. The number of thiazole rings is 1. The van der Waals surface area contributed by atoms with E-state index in [1.807, 2.05) is 88.0 Å². The maximum atomic E-state index is 14.2. The lowest BCUT2D eigenvalue weighted by atomic mass is 9.85. The van der Waals surface area contributed by atoms with Crippen molar-refractivity contribution in [2.24, 2.45) is 16.4 Å². The van der Waals surface area contributed by atoms with Crippen LogP contribution in [0.5, 0.6) is 0 Å². The van der Waals surface area contributed by atoms with Gasteiger partial charge in [-0.1, -0.05) is 113 Å². The van der Waals surface area contributed by atoms with Crippen LogP contribution in [0.3, 0.4) is 0 Å². The Hall–Kier alpha value is -6.40. The summed E-state index contributed by atoms with van der Waals surface area (Å²) < 4.78 is 6.12. The van der Waals surface area contributed by atoms with Crippen molar-refractivity contribution in [3.8, 4) is 21.7 Å². The molecule has 0 bridgehead atoms. The Labute approximate surface area is 451 Å². The van der Waals surface area contributed by atoms with Gasteiger partial charge in [0.1, 0.15) is 30.5 Å². The number of aliphatic hydroxyl groups is 1. The van der Waals surface area contributed by atoms with Crippen molar-refractivity contribution in [2.45, 2.75) is 148 Å². The predicted molar refractivity (Wildman–Crippen MR) is 296 cm³/mol. The molecule has 3 aromatic carbocycles. The summed E-state index contributed by atoms with van der Waals surface area (Å²) in [5.74, 6) is 0.343. The Kier molecular flexibility index (Phi) is 17.7. The molecule has 17 heteroatoms. The Morgan fingerprint density at radius 1 is 0.868 bits per heavy atom. The number of ether oxygens (including phenoxy) is 1. The Morgan fingerprint density at radius 2 is 1.58 bits per heavy atom. The number of nitrogens with zero attached hydrogens (tertiary/aromatic N) is 7. The van der Waals surface area contributed by atoms with Crippen molar-refractivity contribution in [2.75, 3.05) is 31.1 Å². The van der Waals surface area contributed by atoms with Gasteiger partial charge in [-0.05, 0) is 80.2 Å². The zero-order valence-corrected chi connectivity index (χ0v) is 45.4. The normalized spacial score (nSPS) is 21.4. The smallest absolute Gasteiger partial charge is 0.251 e. The number of aliphatic hydroxyl groups excluding tert-OH is 1. The first-order valence-electron chi connectivity index (χ1n) is 27.3. The lowest BCUT2D eigenvalue weighted by Gasteiger charge is -2.35. The topological polar surface area (TPSA) is 198 Å². The summed E-state index contributed by atoms with van der Waals surface area (Å²) in [5.41, 5.74) is 7.94. The number of hydrazone groups is 1. The molecule has 2 aromatic heterocycles. The van der Waals surface area contributed by atoms with Gasteiger partial charge in [0, 0.05) is 74.4 Å². The molecule has 4 aliphatic heterocycles. The molecule has 5 aromatic rings. The van der Waals surface area contributed by atoms with Crippen LogP contribution in [0.1, 0.15) is 138 Å². The number of unbranched alkanes of at least 4 members (excludes halogenated alkanes) is 5. The highest BCUT2D eigenvalue weighted by molar-refractivity contribution is 7.13. The van der Waals surface area contributed by atoms with Gasteiger partial charge in [-0.2, -0.15) is 5.10 Å². The number of epoxide rings is 1. The summed E-state index contributed by atoms with van der Waals surface area (Å²) in [6.07, 6.45) is 10.5. The van der Waals surface area contributed by atoms with Crippen LogP contribution in [0.4, 0.5) is 5.82 Å². The van der Waals surface area contributed by atoms with Crippen molar-refractivity contribution in [3.05, 3.63) is 119 Å². The Balaban J connectivity index is 0.647. The molecular formula is C59H74N10O6S. The number of anilines is 1. The highest BCUT2D eigenvalue weighted by Gasteiger charge is 2.53. The molecule has 9 rings (SSSR count). The summed E-state index contributed by atoms with van der Waals surface area (Å²) >= 11 is 1.63. The Morgan fingerprint density at radius 3 is 2.29 bits per heavy atom. The van der Waals surface area contributed by atoms with Gasteiger partial charge in [0.15, 0.2) is 0 Å². The molecule has 402 valence electrons. The van der Waals surface area contributed by atoms with E-state index in [1.54, 1.807) is 27.6 Å². The number of hydrogen-bond donors (Lipinski definition) is 4. The van der Waals surface area contributed by atoms with E-state index < -0.39 is 17.6 Å². The number of piperidine rings is 1. The van der Waals surface area contributed by atoms with E-state index >= 15 is 0 Å². The van der Waals surface area contributed by atoms with Crippen LogP contribution in [-0.4, -0.2) is 117 Å². The zero-order chi connectivity index (χ0) is 53.3. The molecule has 76 heavy (non-hydrogen) atoms. The van der Waals surface area contributed by atoms with Crippen LogP contribution in [0.15, 0.2) is 102 Å². The number of hydrogen-bond acceptors (Lipinski definition) is 13. The summed E-state index contributed by atoms with van der Waals surface area (Å²) in [7, 11) is 0. The van der Waals surface area contributed by atoms with E-state index in [2.05, 4.69) is 84.2 Å². The standard InChI is InChI=1S/C59H74N10O6S/c1-38(40-18-22-43(23-19-40)53-39(2)63-37-76-53)65-56-52(75-56)49-33-46(70)35-68(49)58(74)54(59(3,4)5)66-51(71)17-13-8-6-7-9-14-29-60-55(72)44-24-20-41(21-25-44)47-34-50(62-36-61-47)67-31-27-45(28-32-67)57(73)69-48(26-30-64-69)42-15-11-10-12-16-42/h10-12,15-16,18-25,30,34,36-38,45-46,48-49,52,54,56,65,70H,6-9,13-14,17,26-29,31-33,35H2,1-5H3,(H,60,72)(H,66,71)/t38-,46+,48?,49-,52+,54+,56?/m0/s1. The van der Waals surface area contributed by atoms with Crippen molar-refractivity contribution >= 4 is 47.0 Å². The maximum Gasteiger partial charge on any atom is 0.251 e. The minimum Gasteiger partial charge on any atom is -0.391 e. The predicted octanol–water partition coefficient (Wildman–Crippen LogP) is 8.78. The molecule has 4 N–H and O–H groups in total. The second-order valence-corrected chi connectivity index (χ2v) is 22.8. The van der Waals surface area contributed by atoms with E-state index in [0.717, 1.165) is 90.8 Å². The fourth-order valence-corrected chi connectivity index (χ4v) is 11.7. The fourth-order valence-electron chi connectivity index (χ4n) is 10.9. The largest absolute Gasteiger partial charge is 0.391 e. The SMILES string of the molecule is Cc1ncsc1-c1ccc([C@H](C)NC2O[C@@H]2[C@@H]2C[C@@H](O)CN2C(=O)[C@@H](NC(=O)CCCCCCCCNC(=O)c2ccc(-c3cc(N4CCC(C(=O)N5N=CCC5c5ccccc5)CC4)ncn3)cc2)C(C)(C)C)cc1. The van der Waals surface area contributed by atoms with E-state index in [-0.39, 0.29) is 66.5 Å². The van der Waals surface area contributed by atoms with Gasteiger partial charge < -0.3 is 30.3 Å². The lowest BCUT2D eigenvalue weighted by Crippen LogP contribution is -2.56. The van der Waals surface area contributed by atoms with Crippen LogP contribution in [0.2, 0.25) is 0 Å². The zero-order valence-electron chi connectivity index (χ0n) is 44.6. The molecule has 6 heterocycles. The quantitative estimate of drug-likeness (QED) is 0.0405. The minimum absolute atomic E-state index is 0.00947. The monoisotopic (exact) mass is 1050 g/mol. The van der Waals surface area contributed by atoms with Gasteiger partial charge in [0.05, 0.1) is 40.0 Å². The molecule has 7 atom stereocenters. The van der Waals surface area contributed by atoms with Crippen molar-refractivity contribution in [1.82, 2.24) is 40.8 Å². The number of likely N-dealkylation sites (tertiary alicyclic amines) is 1. The lowest BCUT2D eigenvalue weighted by molar-refractivity contribution is -0.140. The summed E-state index contributed by atoms with van der Waals surface area (Å²) in [4.78, 5) is 72.7. The third kappa shape index (κ3) is 13.4. The number of aromatic nitrogens is 3. The van der Waals surface area contributed by atoms with Gasteiger partial charge in [-0.25, -0.2) is 20.0 Å². The average Bonchev–Trinajstić information content (AvgIpc) is 3.70. The highest BCUT2D eigenvalue weighted by atomic mass is 32.1. The second kappa shape index (κ2) is 24.7. The van der Waals surface area contributed by atoms with E-state index in [9.17, 15) is 24.3 Å². The molecule has 3 saturated heterocycles. The van der Waals surface area contributed by atoms with Gasteiger partial charge in [0.2, 0.25) is 17.7 Å². The first-order valence-corrected chi connectivity index (χ1v) is 28.2. The summed E-state index contributed by atoms with van der Waals surface area (Å²) in [6, 6.07) is 26.9. The number of carbonyl (C=O) groups is 4. The fraction of sp³-hybridized carbons (Fsp3) is 0.492. The van der Waals surface area contributed by atoms with Crippen LogP contribution in [0.25, 0.3) is 21.7 Å². The second-order valence-electron chi connectivity index (χ2n) is 22.0. The third-order valence-corrected chi connectivity index (χ3v) is 16.4. The van der Waals surface area contributed by atoms with Crippen molar-refractivity contribution in [1.29, 1.82) is 0 Å². The molecule has 0 radical (unpaired) electrons. The number of rotatable bonds is 21. The van der Waals surface area contributed by atoms with Gasteiger partial charge in [-0.3, -0.25) is 24.5 Å². The molecule has 2 unspecified atom stereocenters. The van der Waals surface area contributed by atoms with E-state index in [0.29, 0.717) is 44.5 Å². The highest BCUT2D eigenvalue weighted by Crippen LogP contribution is 2.38. The van der Waals surface area contributed by atoms with Crippen LogP contribution in [-0.2, 0) is 19.1 Å². The Bertz CT molecular complexity index is 2790. The molecule has 16 nitrogen and oxygen atoms in total. The molecular weight excluding hydrogens is 977 g/mol. The summed E-state index contributed by atoms with van der Waals surface area (Å²) in [6.45, 7) is 12.2. The number of benzene rings is 3. The number of amides is 4. The molecule has 0 aliphatic carbocycles. The van der Waals surface area contributed by atoms with E-state index in [1.165, 1.54) is 4.88 Å². The molecule has 4 amide bonds. The number of nitrogens with one attached hydrogen (secondary N) is 3. The molecule has 0 saturated carbocycles. The number of aryl methyl sites for hydroxylation is 1. The van der Waals surface area contributed by atoms with Crippen molar-refractivity contribution < 1.29 is 29.0 Å². The molecule has 4 aliphatic rings. The summed E-state index contributed by atoms with van der Waals surface area (Å²) in [5, 5.41) is 26.6. The van der Waals surface area contributed by atoms with Gasteiger partial charge in [0.25, 0.3) is 5.91 Å².